The Morgan fingerprint density at radius 2 is 2.08 bits per heavy atom. The molecule has 0 aromatic carbocycles. The van der Waals surface area contributed by atoms with Gasteiger partial charge in [0.2, 0.25) is 0 Å². The van der Waals surface area contributed by atoms with Crippen LogP contribution < -0.4 is 0 Å². The van der Waals surface area contributed by atoms with Gasteiger partial charge in [-0.3, -0.25) is 0 Å². The van der Waals surface area contributed by atoms with Gasteiger partial charge in [-0.1, -0.05) is 13.0 Å². The van der Waals surface area contributed by atoms with Crippen LogP contribution in [0.1, 0.15) is 19.8 Å². The predicted molar refractivity (Wildman–Crippen MR) is 47.7 cm³/mol. The van der Waals surface area contributed by atoms with Crippen molar-refractivity contribution in [1.29, 1.82) is 0 Å². The van der Waals surface area contributed by atoms with Crippen molar-refractivity contribution in [3.8, 4) is 0 Å². The minimum absolute atomic E-state index is 0.122. The molecule has 0 aliphatic heterocycles. The van der Waals surface area contributed by atoms with Crippen molar-refractivity contribution in [2.24, 2.45) is 5.41 Å². The highest BCUT2D eigenvalue weighted by Crippen LogP contribution is 2.26. The van der Waals surface area contributed by atoms with Crippen molar-refractivity contribution in [2.75, 3.05) is 13.2 Å². The second kappa shape index (κ2) is 5.30. The molecular weight excluding hydrogens is 156 g/mol. The summed E-state index contributed by atoms with van der Waals surface area (Å²) in [4.78, 5) is 0. The summed E-state index contributed by atoms with van der Waals surface area (Å²) in [5.74, 6) is 0. The van der Waals surface area contributed by atoms with E-state index in [0.29, 0.717) is 6.42 Å². The summed E-state index contributed by atoms with van der Waals surface area (Å²) in [5.41, 5.74) is -0.608. The maximum atomic E-state index is 9.36. The maximum Gasteiger partial charge on any atom is 0.0846 e. The summed E-state index contributed by atoms with van der Waals surface area (Å²) < 4.78 is 0. The van der Waals surface area contributed by atoms with E-state index in [9.17, 15) is 5.11 Å². The van der Waals surface area contributed by atoms with Crippen molar-refractivity contribution < 1.29 is 15.3 Å². The molecule has 3 N–H and O–H groups in total. The fraction of sp³-hybridized carbons (Fsp3) is 0.778. The first-order valence-electron chi connectivity index (χ1n) is 4.11. The third-order valence-electron chi connectivity index (χ3n) is 2.26. The number of allylic oxidation sites excluding steroid dienone is 1. The van der Waals surface area contributed by atoms with Gasteiger partial charge in [0.05, 0.1) is 19.3 Å². The zero-order chi connectivity index (χ0) is 9.61. The Bertz CT molecular complexity index is 136. The van der Waals surface area contributed by atoms with E-state index < -0.39 is 11.5 Å². The molecule has 0 amide bonds. The molecule has 0 unspecified atom stereocenters. The molecule has 0 spiro atoms. The molecule has 72 valence electrons. The van der Waals surface area contributed by atoms with E-state index in [1.807, 2.05) is 0 Å². The summed E-state index contributed by atoms with van der Waals surface area (Å²) in [6.07, 6.45) is 2.24. The van der Waals surface area contributed by atoms with E-state index in [1.54, 1.807) is 13.0 Å². The van der Waals surface area contributed by atoms with Crippen LogP contribution in [0.2, 0.25) is 0 Å². The first-order chi connectivity index (χ1) is 5.60. The highest BCUT2D eigenvalue weighted by molar-refractivity contribution is 4.84. The number of hydrogen-bond donors (Lipinski definition) is 3. The average Bonchev–Trinajstić information content (AvgIpc) is 2.12. The molecule has 0 saturated heterocycles. The molecule has 0 radical (unpaired) electrons. The van der Waals surface area contributed by atoms with E-state index in [2.05, 4.69) is 6.58 Å². The first-order valence-corrected chi connectivity index (χ1v) is 4.11. The monoisotopic (exact) mass is 174 g/mol. The van der Waals surface area contributed by atoms with E-state index in [1.165, 1.54) is 0 Å². The van der Waals surface area contributed by atoms with Crippen LogP contribution in [0.3, 0.4) is 0 Å². The van der Waals surface area contributed by atoms with Gasteiger partial charge in [0.1, 0.15) is 0 Å². The van der Waals surface area contributed by atoms with Crippen molar-refractivity contribution >= 4 is 0 Å². The fourth-order valence-corrected chi connectivity index (χ4v) is 1.00. The Balaban J connectivity index is 4.11. The quantitative estimate of drug-likeness (QED) is 0.508. The topological polar surface area (TPSA) is 60.7 Å². The lowest BCUT2D eigenvalue weighted by Crippen LogP contribution is -2.38. The molecule has 0 fully saturated rings. The molecule has 0 aromatic heterocycles. The zero-order valence-electron chi connectivity index (χ0n) is 7.53. The SMILES string of the molecule is C=CCC[C@](C)(CO)[C@@H](O)CO. The highest BCUT2D eigenvalue weighted by atomic mass is 16.3. The molecular formula is C9H18O3. The molecule has 0 saturated carbocycles. The Morgan fingerprint density at radius 3 is 2.42 bits per heavy atom. The zero-order valence-corrected chi connectivity index (χ0v) is 7.53. The molecule has 12 heavy (non-hydrogen) atoms. The van der Waals surface area contributed by atoms with Crippen LogP contribution in [0.4, 0.5) is 0 Å². The third-order valence-corrected chi connectivity index (χ3v) is 2.26. The largest absolute Gasteiger partial charge is 0.396 e. The van der Waals surface area contributed by atoms with Gasteiger partial charge in [0, 0.05) is 5.41 Å². The second-order valence-corrected chi connectivity index (χ2v) is 3.34. The minimum Gasteiger partial charge on any atom is -0.396 e. The standard InChI is InChI=1S/C9H18O3/c1-3-4-5-9(2,7-11)8(12)6-10/h3,8,10-12H,1,4-7H2,2H3/t8-,9+/m0/s1. The molecule has 0 aromatic rings. The Hall–Kier alpha value is -0.380. The Labute approximate surface area is 73.4 Å². The van der Waals surface area contributed by atoms with Gasteiger partial charge in [-0.25, -0.2) is 0 Å². The van der Waals surface area contributed by atoms with Gasteiger partial charge in [-0.15, -0.1) is 6.58 Å². The summed E-state index contributed by atoms with van der Waals surface area (Å²) in [5, 5.41) is 27.1. The molecule has 0 aliphatic rings. The lowest BCUT2D eigenvalue weighted by atomic mass is 9.81. The molecule has 3 nitrogen and oxygen atoms in total. The second-order valence-electron chi connectivity index (χ2n) is 3.34. The van der Waals surface area contributed by atoms with Gasteiger partial charge in [0.15, 0.2) is 0 Å². The number of hydrogen-bond acceptors (Lipinski definition) is 3. The van der Waals surface area contributed by atoms with Crippen LogP contribution >= 0.6 is 0 Å². The van der Waals surface area contributed by atoms with E-state index in [-0.39, 0.29) is 13.2 Å². The molecule has 0 aliphatic carbocycles. The summed E-state index contributed by atoms with van der Waals surface area (Å²) >= 11 is 0. The van der Waals surface area contributed by atoms with Crippen molar-refractivity contribution in [2.45, 2.75) is 25.9 Å². The number of aliphatic hydroxyl groups is 3. The van der Waals surface area contributed by atoms with Gasteiger partial charge < -0.3 is 15.3 Å². The third kappa shape index (κ3) is 2.93. The molecule has 0 heterocycles. The van der Waals surface area contributed by atoms with Crippen LogP contribution in [0.5, 0.6) is 0 Å². The molecule has 0 rings (SSSR count). The average molecular weight is 174 g/mol. The van der Waals surface area contributed by atoms with E-state index in [4.69, 9.17) is 10.2 Å². The van der Waals surface area contributed by atoms with Crippen LogP contribution in [0, 0.1) is 5.41 Å². The smallest absolute Gasteiger partial charge is 0.0846 e. The summed E-state index contributed by atoms with van der Waals surface area (Å²) in [6, 6.07) is 0. The van der Waals surface area contributed by atoms with Gasteiger partial charge >= 0.3 is 0 Å². The van der Waals surface area contributed by atoms with Gasteiger partial charge in [0.25, 0.3) is 0 Å². The molecule has 3 heteroatoms. The van der Waals surface area contributed by atoms with E-state index in [0.717, 1.165) is 6.42 Å². The summed E-state index contributed by atoms with van der Waals surface area (Å²) in [7, 11) is 0. The van der Waals surface area contributed by atoms with Crippen molar-refractivity contribution in [1.82, 2.24) is 0 Å². The number of rotatable bonds is 6. The van der Waals surface area contributed by atoms with Crippen LogP contribution in [-0.4, -0.2) is 34.6 Å². The molecule has 0 bridgehead atoms. The van der Waals surface area contributed by atoms with E-state index >= 15 is 0 Å². The highest BCUT2D eigenvalue weighted by Gasteiger charge is 2.30. The summed E-state index contributed by atoms with van der Waals surface area (Å²) in [6.45, 7) is 4.87. The van der Waals surface area contributed by atoms with Crippen LogP contribution in [0.15, 0.2) is 12.7 Å². The lowest BCUT2D eigenvalue weighted by Gasteiger charge is -2.31. The van der Waals surface area contributed by atoms with Crippen LogP contribution in [-0.2, 0) is 0 Å². The van der Waals surface area contributed by atoms with Crippen molar-refractivity contribution in [3.05, 3.63) is 12.7 Å². The lowest BCUT2D eigenvalue weighted by molar-refractivity contribution is -0.0402. The maximum absolute atomic E-state index is 9.36. The first kappa shape index (κ1) is 11.6. The fourth-order valence-electron chi connectivity index (χ4n) is 1.00. The minimum atomic E-state index is -0.859. The van der Waals surface area contributed by atoms with Crippen LogP contribution in [0.25, 0.3) is 0 Å². The van der Waals surface area contributed by atoms with Gasteiger partial charge in [-0.05, 0) is 12.8 Å². The predicted octanol–water partition coefficient (Wildman–Crippen LogP) is 0.304. The normalized spacial score (nSPS) is 18.3. The van der Waals surface area contributed by atoms with Crippen molar-refractivity contribution in [3.63, 3.8) is 0 Å². The molecule has 2 atom stereocenters. The Morgan fingerprint density at radius 1 is 1.50 bits per heavy atom. The Kier molecular flexibility index (Phi) is 5.13. The van der Waals surface area contributed by atoms with Gasteiger partial charge in [-0.2, -0.15) is 0 Å². The number of aliphatic hydroxyl groups excluding tert-OH is 3.